The number of nitrogens with zero attached hydrogens (tertiary/aromatic N) is 1. The first kappa shape index (κ1) is 19.2. The molecule has 4 rings (SSSR count). The predicted molar refractivity (Wildman–Crippen MR) is 117 cm³/mol. The van der Waals surface area contributed by atoms with Gasteiger partial charge in [-0.15, -0.1) is 0 Å². The van der Waals surface area contributed by atoms with Crippen LogP contribution >= 0.6 is 0 Å². The Morgan fingerprint density at radius 1 is 0.966 bits per heavy atom. The number of rotatable bonds is 4. The summed E-state index contributed by atoms with van der Waals surface area (Å²) in [5.41, 5.74) is 4.95. The van der Waals surface area contributed by atoms with E-state index in [0.717, 1.165) is 16.7 Å². The lowest BCUT2D eigenvalue weighted by molar-refractivity contribution is 0.102. The van der Waals surface area contributed by atoms with Crippen molar-refractivity contribution < 1.29 is 13.2 Å². The maximum absolute atomic E-state index is 12.7. The third kappa shape index (κ3) is 3.89. The van der Waals surface area contributed by atoms with Gasteiger partial charge < -0.3 is 5.32 Å². The van der Waals surface area contributed by atoms with E-state index < -0.39 is 10.0 Å². The smallest absolute Gasteiger partial charge is 0.255 e. The molecule has 0 aromatic heterocycles. The molecule has 0 fully saturated rings. The van der Waals surface area contributed by atoms with Gasteiger partial charge in [-0.25, -0.2) is 8.42 Å². The lowest BCUT2D eigenvalue weighted by atomic mass is 10.0. The summed E-state index contributed by atoms with van der Waals surface area (Å²) in [7, 11) is -3.34. The van der Waals surface area contributed by atoms with Gasteiger partial charge in [-0.05, 0) is 60.4 Å². The van der Waals surface area contributed by atoms with Gasteiger partial charge in [0.15, 0.2) is 0 Å². The van der Waals surface area contributed by atoms with Gasteiger partial charge in [0, 0.05) is 17.3 Å². The number of benzene rings is 3. The zero-order valence-electron chi connectivity index (χ0n) is 16.3. The molecule has 1 aliphatic heterocycles. The minimum absolute atomic E-state index is 0.149. The zero-order chi connectivity index (χ0) is 20.6. The quantitative estimate of drug-likeness (QED) is 0.702. The fourth-order valence-electron chi connectivity index (χ4n) is 3.83. The number of carbonyl (C=O) groups is 1. The van der Waals surface area contributed by atoms with Crippen molar-refractivity contribution >= 4 is 27.3 Å². The maximum atomic E-state index is 12.7. The summed E-state index contributed by atoms with van der Waals surface area (Å²) in [6.07, 6.45) is 1.80. The highest BCUT2D eigenvalue weighted by molar-refractivity contribution is 7.92. The van der Waals surface area contributed by atoms with Gasteiger partial charge in [0.05, 0.1) is 11.9 Å². The van der Waals surface area contributed by atoms with Gasteiger partial charge in [0.2, 0.25) is 10.0 Å². The Morgan fingerprint density at radius 3 is 2.28 bits per heavy atom. The molecule has 3 aromatic rings. The van der Waals surface area contributed by atoms with E-state index in [0.29, 0.717) is 23.4 Å². The topological polar surface area (TPSA) is 66.5 Å². The second kappa shape index (κ2) is 7.37. The average molecular weight is 407 g/mol. The third-order valence-corrected chi connectivity index (χ3v) is 6.37. The Kier molecular flexibility index (Phi) is 4.88. The minimum Gasteiger partial charge on any atom is -0.322 e. The lowest BCUT2D eigenvalue weighted by Gasteiger charge is -2.21. The van der Waals surface area contributed by atoms with Crippen LogP contribution in [0.25, 0.3) is 11.1 Å². The van der Waals surface area contributed by atoms with Crippen molar-refractivity contribution in [3.8, 4) is 11.1 Å². The Hall–Kier alpha value is -3.12. The average Bonchev–Trinajstić information content (AvgIpc) is 3.04. The first-order valence-electron chi connectivity index (χ1n) is 9.42. The number of fused-ring (bicyclic) bond motifs is 1. The van der Waals surface area contributed by atoms with Crippen LogP contribution in [0.15, 0.2) is 72.8 Å². The Labute approximate surface area is 171 Å². The van der Waals surface area contributed by atoms with Crippen LogP contribution in [0.5, 0.6) is 0 Å². The van der Waals surface area contributed by atoms with Crippen LogP contribution in [-0.2, 0) is 16.4 Å². The summed E-state index contributed by atoms with van der Waals surface area (Å²) in [5.74, 6) is -0.217. The van der Waals surface area contributed by atoms with E-state index in [2.05, 4.69) is 5.32 Å². The highest BCUT2D eigenvalue weighted by Crippen LogP contribution is 2.34. The van der Waals surface area contributed by atoms with Crippen molar-refractivity contribution in [3.05, 3.63) is 83.9 Å². The molecule has 0 bridgehead atoms. The molecular weight excluding hydrogens is 384 g/mol. The van der Waals surface area contributed by atoms with Crippen LogP contribution in [0.2, 0.25) is 0 Å². The summed E-state index contributed by atoms with van der Waals surface area (Å²) in [6, 6.07) is 22.8. The van der Waals surface area contributed by atoms with Gasteiger partial charge in [0.25, 0.3) is 5.91 Å². The van der Waals surface area contributed by atoms with E-state index in [-0.39, 0.29) is 11.9 Å². The Bertz CT molecular complexity index is 1160. The standard InChI is InChI=1S/C23H22N2O3S/c1-16-14-20-15-19(10-13-22(20)25(16)29(2,27)28)23(26)24-21-11-8-18(9-12-21)17-6-4-3-5-7-17/h3-13,15-16H,14H2,1-2H3,(H,24,26)/t16-/m0/s1. The van der Waals surface area contributed by atoms with E-state index in [1.165, 1.54) is 10.6 Å². The molecule has 0 aliphatic carbocycles. The maximum Gasteiger partial charge on any atom is 0.255 e. The SMILES string of the molecule is C[C@H]1Cc2cc(C(=O)Nc3ccc(-c4ccccc4)cc3)ccc2N1S(C)(=O)=O. The molecule has 29 heavy (non-hydrogen) atoms. The normalized spacial score (nSPS) is 15.8. The van der Waals surface area contributed by atoms with Crippen molar-refractivity contribution in [1.82, 2.24) is 0 Å². The minimum atomic E-state index is -3.34. The fourth-order valence-corrected chi connectivity index (χ4v) is 5.09. The lowest BCUT2D eigenvalue weighted by Crippen LogP contribution is -2.34. The number of hydrogen-bond donors (Lipinski definition) is 1. The van der Waals surface area contributed by atoms with Crippen molar-refractivity contribution in [1.29, 1.82) is 0 Å². The number of anilines is 2. The molecule has 3 aromatic carbocycles. The van der Waals surface area contributed by atoms with E-state index in [1.54, 1.807) is 18.2 Å². The Balaban J connectivity index is 1.52. The zero-order valence-corrected chi connectivity index (χ0v) is 17.1. The molecule has 6 heteroatoms. The molecule has 1 N–H and O–H groups in total. The summed E-state index contributed by atoms with van der Waals surface area (Å²) in [5, 5.41) is 2.91. The molecule has 5 nitrogen and oxygen atoms in total. The number of nitrogens with one attached hydrogen (secondary N) is 1. The van der Waals surface area contributed by atoms with Gasteiger partial charge in [-0.2, -0.15) is 0 Å². The number of carbonyl (C=O) groups excluding carboxylic acids is 1. The molecule has 1 heterocycles. The number of hydrogen-bond acceptors (Lipinski definition) is 3. The monoisotopic (exact) mass is 406 g/mol. The summed E-state index contributed by atoms with van der Waals surface area (Å²) in [4.78, 5) is 12.7. The van der Waals surface area contributed by atoms with Crippen molar-refractivity contribution in [3.63, 3.8) is 0 Å². The second-order valence-corrected chi connectivity index (χ2v) is 9.21. The van der Waals surface area contributed by atoms with Gasteiger partial charge >= 0.3 is 0 Å². The molecule has 148 valence electrons. The number of sulfonamides is 1. The predicted octanol–water partition coefficient (Wildman–Crippen LogP) is 4.32. The number of amides is 1. The van der Waals surface area contributed by atoms with Crippen molar-refractivity contribution in [2.45, 2.75) is 19.4 Å². The summed E-state index contributed by atoms with van der Waals surface area (Å²) in [6.45, 7) is 1.87. The molecule has 1 aliphatic rings. The van der Waals surface area contributed by atoms with Crippen LogP contribution in [-0.4, -0.2) is 26.6 Å². The van der Waals surface area contributed by atoms with Crippen molar-refractivity contribution in [2.24, 2.45) is 0 Å². The third-order valence-electron chi connectivity index (χ3n) is 5.10. The van der Waals surface area contributed by atoms with Crippen LogP contribution < -0.4 is 9.62 Å². The molecule has 0 unspecified atom stereocenters. The highest BCUT2D eigenvalue weighted by atomic mass is 32.2. The van der Waals surface area contributed by atoms with Gasteiger partial charge in [0.1, 0.15) is 0 Å². The summed E-state index contributed by atoms with van der Waals surface area (Å²) >= 11 is 0. The van der Waals surface area contributed by atoms with Crippen LogP contribution in [0.3, 0.4) is 0 Å². The van der Waals surface area contributed by atoms with Crippen LogP contribution in [0.1, 0.15) is 22.8 Å². The first-order valence-corrected chi connectivity index (χ1v) is 11.3. The van der Waals surface area contributed by atoms with Gasteiger partial charge in [-0.3, -0.25) is 9.10 Å². The van der Waals surface area contributed by atoms with E-state index in [4.69, 9.17) is 0 Å². The van der Waals surface area contributed by atoms with Gasteiger partial charge in [-0.1, -0.05) is 42.5 Å². The van der Waals surface area contributed by atoms with Crippen LogP contribution in [0, 0.1) is 0 Å². The Morgan fingerprint density at radius 2 is 1.62 bits per heavy atom. The molecule has 0 saturated heterocycles. The fraction of sp³-hybridized carbons (Fsp3) is 0.174. The first-order chi connectivity index (χ1) is 13.8. The largest absolute Gasteiger partial charge is 0.322 e. The van der Waals surface area contributed by atoms with E-state index in [9.17, 15) is 13.2 Å². The van der Waals surface area contributed by atoms with Crippen molar-refractivity contribution in [2.75, 3.05) is 15.9 Å². The highest BCUT2D eigenvalue weighted by Gasteiger charge is 2.32. The van der Waals surface area contributed by atoms with E-state index >= 15 is 0 Å². The molecule has 0 saturated carbocycles. The van der Waals surface area contributed by atoms with Crippen LogP contribution in [0.4, 0.5) is 11.4 Å². The summed E-state index contributed by atoms with van der Waals surface area (Å²) < 4.78 is 25.5. The second-order valence-electron chi connectivity index (χ2n) is 7.35. The molecule has 1 atom stereocenters. The molecule has 0 spiro atoms. The van der Waals surface area contributed by atoms with E-state index in [1.807, 2.05) is 61.5 Å². The molecular formula is C23H22N2O3S. The molecule has 1 amide bonds. The molecule has 0 radical (unpaired) electrons.